The molecule has 1 aromatic carbocycles. The van der Waals surface area contributed by atoms with Crippen molar-refractivity contribution in [2.24, 2.45) is 11.7 Å². The van der Waals surface area contributed by atoms with Gasteiger partial charge in [0.2, 0.25) is 0 Å². The number of nitrogens with two attached hydrogens (primary N) is 1. The average molecular weight is 276 g/mol. The lowest BCUT2D eigenvalue weighted by molar-refractivity contribution is 0.0996. The molecule has 2 rings (SSSR count). The largest absolute Gasteiger partial charge is 0.364 e. The fraction of sp³-hybridized carbons (Fsp3) is 0.308. The van der Waals surface area contributed by atoms with Crippen LogP contribution in [0.4, 0.5) is 0 Å². The number of H-pyrrole nitrogens is 1. The number of carbonyl (C=O) groups is 1. The van der Waals surface area contributed by atoms with Crippen molar-refractivity contribution in [1.29, 1.82) is 0 Å². The highest BCUT2D eigenvalue weighted by Gasteiger charge is 2.14. The van der Waals surface area contributed by atoms with Crippen molar-refractivity contribution >= 4 is 17.7 Å². The van der Waals surface area contributed by atoms with Gasteiger partial charge in [0.1, 0.15) is 5.69 Å². The highest BCUT2D eigenvalue weighted by molar-refractivity contribution is 7.99. The molecule has 1 heterocycles. The molecule has 6 heteroatoms. The molecule has 19 heavy (non-hydrogen) atoms. The standard InChI is InChI=1S/C13H16N4OS/c1-8(2)7-19-10-5-3-9(4-6-10)11-12(13(14)18)16-17-15-11/h3-6,8H,7H2,1-2H3,(H2,14,18)(H,15,16,17). The topological polar surface area (TPSA) is 84.7 Å². The maximum atomic E-state index is 11.2. The zero-order valence-electron chi connectivity index (χ0n) is 10.9. The molecule has 5 nitrogen and oxygen atoms in total. The van der Waals surface area contributed by atoms with E-state index in [1.165, 1.54) is 4.90 Å². The molecule has 0 saturated carbocycles. The molecule has 0 saturated heterocycles. The maximum absolute atomic E-state index is 11.2. The summed E-state index contributed by atoms with van der Waals surface area (Å²) in [6.07, 6.45) is 0. The smallest absolute Gasteiger partial charge is 0.271 e. The number of nitrogens with one attached hydrogen (secondary N) is 1. The fourth-order valence-electron chi connectivity index (χ4n) is 1.58. The molecule has 2 aromatic rings. The molecule has 0 atom stereocenters. The van der Waals surface area contributed by atoms with Gasteiger partial charge in [-0.15, -0.1) is 11.8 Å². The van der Waals surface area contributed by atoms with Crippen molar-refractivity contribution in [3.63, 3.8) is 0 Å². The molecule has 0 aliphatic rings. The van der Waals surface area contributed by atoms with Gasteiger partial charge < -0.3 is 5.73 Å². The summed E-state index contributed by atoms with van der Waals surface area (Å²) in [6.45, 7) is 4.38. The van der Waals surface area contributed by atoms with Crippen molar-refractivity contribution < 1.29 is 4.79 Å². The summed E-state index contributed by atoms with van der Waals surface area (Å²) >= 11 is 1.81. The third-order valence-electron chi connectivity index (χ3n) is 2.49. The molecule has 0 unspecified atom stereocenters. The van der Waals surface area contributed by atoms with E-state index in [1.807, 2.05) is 36.0 Å². The Balaban J connectivity index is 2.18. The number of hydrogen-bond donors (Lipinski definition) is 2. The number of primary amides is 1. The summed E-state index contributed by atoms with van der Waals surface area (Å²) in [4.78, 5) is 12.4. The van der Waals surface area contributed by atoms with Gasteiger partial charge in [-0.3, -0.25) is 4.79 Å². The average Bonchev–Trinajstić information content (AvgIpc) is 2.86. The van der Waals surface area contributed by atoms with E-state index in [1.54, 1.807) is 0 Å². The molecule has 1 aromatic heterocycles. The van der Waals surface area contributed by atoms with Crippen molar-refractivity contribution in [3.05, 3.63) is 30.0 Å². The van der Waals surface area contributed by atoms with Crippen LogP contribution in [0, 0.1) is 5.92 Å². The van der Waals surface area contributed by atoms with Crippen LogP contribution in [0.1, 0.15) is 24.3 Å². The van der Waals surface area contributed by atoms with E-state index in [4.69, 9.17) is 5.73 Å². The summed E-state index contributed by atoms with van der Waals surface area (Å²) in [7, 11) is 0. The zero-order chi connectivity index (χ0) is 13.8. The number of aromatic amines is 1. The van der Waals surface area contributed by atoms with E-state index < -0.39 is 5.91 Å². The van der Waals surface area contributed by atoms with E-state index in [2.05, 4.69) is 29.3 Å². The van der Waals surface area contributed by atoms with Gasteiger partial charge in [-0.05, 0) is 18.1 Å². The molecule has 0 aliphatic heterocycles. The third kappa shape index (κ3) is 3.35. The summed E-state index contributed by atoms with van der Waals surface area (Å²) < 4.78 is 0. The van der Waals surface area contributed by atoms with Crippen LogP contribution in [0.3, 0.4) is 0 Å². The van der Waals surface area contributed by atoms with Gasteiger partial charge in [0.15, 0.2) is 5.69 Å². The lowest BCUT2D eigenvalue weighted by atomic mass is 10.1. The van der Waals surface area contributed by atoms with Crippen LogP contribution >= 0.6 is 11.8 Å². The first-order valence-electron chi connectivity index (χ1n) is 6.01. The van der Waals surface area contributed by atoms with E-state index in [-0.39, 0.29) is 5.69 Å². The molecule has 1 amide bonds. The minimum absolute atomic E-state index is 0.169. The summed E-state index contributed by atoms with van der Waals surface area (Å²) in [5.74, 6) is 1.15. The fourth-order valence-corrected chi connectivity index (χ4v) is 2.43. The van der Waals surface area contributed by atoms with E-state index in [9.17, 15) is 4.79 Å². The van der Waals surface area contributed by atoms with Crippen molar-refractivity contribution in [3.8, 4) is 11.3 Å². The minimum Gasteiger partial charge on any atom is -0.364 e. The number of amides is 1. The van der Waals surface area contributed by atoms with E-state index in [0.717, 1.165) is 11.3 Å². The molecule has 3 N–H and O–H groups in total. The van der Waals surface area contributed by atoms with Gasteiger partial charge >= 0.3 is 0 Å². The Bertz CT molecular complexity index is 562. The van der Waals surface area contributed by atoms with Gasteiger partial charge in [-0.1, -0.05) is 26.0 Å². The number of hydrogen-bond acceptors (Lipinski definition) is 4. The van der Waals surface area contributed by atoms with Crippen LogP contribution in [0.2, 0.25) is 0 Å². The Morgan fingerprint density at radius 3 is 2.58 bits per heavy atom. The van der Waals surface area contributed by atoms with Gasteiger partial charge in [0.25, 0.3) is 5.91 Å². The monoisotopic (exact) mass is 276 g/mol. The van der Waals surface area contributed by atoms with Crippen LogP contribution in [-0.2, 0) is 0 Å². The summed E-state index contributed by atoms with van der Waals surface area (Å²) in [6, 6.07) is 7.88. The normalized spacial score (nSPS) is 10.9. The zero-order valence-corrected chi connectivity index (χ0v) is 11.7. The first-order chi connectivity index (χ1) is 9.08. The second-order valence-corrected chi connectivity index (χ2v) is 5.71. The molecule has 0 fully saturated rings. The number of carbonyl (C=O) groups excluding carboxylic acids is 1. The van der Waals surface area contributed by atoms with Gasteiger partial charge in [0.05, 0.1) is 0 Å². The third-order valence-corrected chi connectivity index (χ3v) is 3.93. The summed E-state index contributed by atoms with van der Waals surface area (Å²) in [5.41, 5.74) is 6.73. The van der Waals surface area contributed by atoms with Crippen molar-refractivity contribution in [2.45, 2.75) is 18.7 Å². The number of nitrogens with zero attached hydrogens (tertiary/aromatic N) is 2. The second kappa shape index (κ2) is 5.88. The van der Waals surface area contributed by atoms with Gasteiger partial charge in [0, 0.05) is 16.2 Å². The Labute approximate surface area is 116 Å². The van der Waals surface area contributed by atoms with Crippen LogP contribution in [-0.4, -0.2) is 27.1 Å². The van der Waals surface area contributed by atoms with Crippen molar-refractivity contribution in [2.75, 3.05) is 5.75 Å². The van der Waals surface area contributed by atoms with Crippen LogP contribution in [0.15, 0.2) is 29.2 Å². The number of thioether (sulfide) groups is 1. The van der Waals surface area contributed by atoms with Crippen LogP contribution in [0.25, 0.3) is 11.3 Å². The predicted octanol–water partition coefficient (Wildman–Crippen LogP) is 2.32. The lowest BCUT2D eigenvalue weighted by Gasteiger charge is -2.05. The van der Waals surface area contributed by atoms with E-state index in [0.29, 0.717) is 11.6 Å². The van der Waals surface area contributed by atoms with E-state index >= 15 is 0 Å². The van der Waals surface area contributed by atoms with Crippen LogP contribution < -0.4 is 5.73 Å². The Morgan fingerprint density at radius 1 is 1.32 bits per heavy atom. The first-order valence-corrected chi connectivity index (χ1v) is 7.00. The van der Waals surface area contributed by atoms with Gasteiger partial charge in [-0.2, -0.15) is 15.4 Å². The van der Waals surface area contributed by atoms with Crippen LogP contribution in [0.5, 0.6) is 0 Å². The summed E-state index contributed by atoms with van der Waals surface area (Å²) in [5, 5.41) is 10.2. The maximum Gasteiger partial charge on any atom is 0.271 e. The molecule has 0 bridgehead atoms. The van der Waals surface area contributed by atoms with Crippen molar-refractivity contribution in [1.82, 2.24) is 15.4 Å². The SMILES string of the molecule is CC(C)CSc1ccc(-c2n[nH]nc2C(N)=O)cc1. The number of aromatic nitrogens is 3. The lowest BCUT2D eigenvalue weighted by Crippen LogP contribution is -2.12. The molecule has 0 aliphatic carbocycles. The molecule has 0 spiro atoms. The Kier molecular flexibility index (Phi) is 4.21. The molecular formula is C13H16N4OS. The highest BCUT2D eigenvalue weighted by atomic mass is 32.2. The Morgan fingerprint density at radius 2 is 2.00 bits per heavy atom. The minimum atomic E-state index is -0.581. The molecule has 100 valence electrons. The van der Waals surface area contributed by atoms with Gasteiger partial charge in [-0.25, -0.2) is 0 Å². The first kappa shape index (κ1) is 13.6. The Hall–Kier alpha value is -1.82. The number of rotatable bonds is 5. The quantitative estimate of drug-likeness (QED) is 0.821. The highest BCUT2D eigenvalue weighted by Crippen LogP contribution is 2.25. The molecule has 0 radical (unpaired) electrons. The molecular weight excluding hydrogens is 260 g/mol. The predicted molar refractivity (Wildman–Crippen MR) is 75.9 cm³/mol. The second-order valence-electron chi connectivity index (χ2n) is 4.61. The number of benzene rings is 1.